The Morgan fingerprint density at radius 2 is 1.71 bits per heavy atom. The Kier molecular flexibility index (Phi) is 8.48. The molecule has 0 atom stereocenters. The van der Waals surface area contributed by atoms with E-state index in [1.165, 1.54) is 0 Å². The molecule has 5 nitrogen and oxygen atoms in total. The molecule has 8 heteroatoms. The van der Waals surface area contributed by atoms with E-state index in [4.69, 9.17) is 39.5 Å². The van der Waals surface area contributed by atoms with Crippen molar-refractivity contribution in [2.75, 3.05) is 5.32 Å². The number of aryl methyl sites for hydroxylation is 2. The van der Waals surface area contributed by atoms with Crippen LogP contribution in [0.15, 0.2) is 72.3 Å². The van der Waals surface area contributed by atoms with Crippen LogP contribution in [0.1, 0.15) is 28.1 Å². The number of carbonyl (C=O) groups excluding carboxylic acids is 1. The first-order valence-electron chi connectivity index (χ1n) is 11.7. The number of nitrogens with one attached hydrogen (secondary N) is 1. The maximum atomic E-state index is 12.8. The number of hydrogen-bond acceptors (Lipinski definition) is 3. The second-order valence-corrected chi connectivity index (χ2v) is 10.0. The molecule has 0 aliphatic rings. The summed E-state index contributed by atoms with van der Waals surface area (Å²) < 4.78 is 7.94. The van der Waals surface area contributed by atoms with Crippen molar-refractivity contribution in [1.82, 2.24) is 4.57 Å². The molecule has 192 valence electrons. The van der Waals surface area contributed by atoms with Crippen LogP contribution in [0.3, 0.4) is 0 Å². The molecule has 0 saturated heterocycles. The molecule has 4 aromatic rings. The lowest BCUT2D eigenvalue weighted by Crippen LogP contribution is -2.13. The van der Waals surface area contributed by atoms with Gasteiger partial charge in [-0.2, -0.15) is 5.26 Å². The third-order valence-electron chi connectivity index (χ3n) is 6.07. The van der Waals surface area contributed by atoms with Crippen LogP contribution < -0.4 is 10.1 Å². The van der Waals surface area contributed by atoms with Gasteiger partial charge in [-0.25, -0.2) is 0 Å². The largest absolute Gasteiger partial charge is 0.489 e. The highest BCUT2D eigenvalue weighted by Gasteiger charge is 2.15. The zero-order valence-corrected chi connectivity index (χ0v) is 23.2. The zero-order chi connectivity index (χ0) is 27.4. The van der Waals surface area contributed by atoms with Crippen molar-refractivity contribution in [3.63, 3.8) is 0 Å². The highest BCUT2D eigenvalue weighted by Crippen LogP contribution is 2.27. The van der Waals surface area contributed by atoms with E-state index in [-0.39, 0.29) is 5.57 Å². The predicted molar refractivity (Wildman–Crippen MR) is 154 cm³/mol. The van der Waals surface area contributed by atoms with Crippen molar-refractivity contribution in [3.05, 3.63) is 115 Å². The van der Waals surface area contributed by atoms with Crippen LogP contribution in [0.4, 0.5) is 5.69 Å². The van der Waals surface area contributed by atoms with Gasteiger partial charge in [0.1, 0.15) is 24.0 Å². The van der Waals surface area contributed by atoms with Gasteiger partial charge in [0.05, 0.1) is 0 Å². The molecule has 0 unspecified atom stereocenters. The van der Waals surface area contributed by atoms with Gasteiger partial charge in [0.15, 0.2) is 0 Å². The van der Waals surface area contributed by atoms with Gasteiger partial charge in [0.2, 0.25) is 0 Å². The van der Waals surface area contributed by atoms with E-state index in [1.807, 2.05) is 69.3 Å². The first-order chi connectivity index (χ1) is 18.2. The minimum Gasteiger partial charge on any atom is -0.489 e. The van der Waals surface area contributed by atoms with Gasteiger partial charge < -0.3 is 14.6 Å². The van der Waals surface area contributed by atoms with E-state index in [0.29, 0.717) is 33.1 Å². The van der Waals surface area contributed by atoms with Gasteiger partial charge in [-0.3, -0.25) is 4.79 Å². The summed E-state index contributed by atoms with van der Waals surface area (Å²) in [6.07, 6.45) is 1.59. The molecule has 0 bridgehead atoms. The van der Waals surface area contributed by atoms with E-state index < -0.39 is 5.91 Å². The highest BCUT2D eigenvalue weighted by atomic mass is 35.5. The molecule has 1 aromatic heterocycles. The van der Waals surface area contributed by atoms with Crippen LogP contribution >= 0.6 is 34.8 Å². The summed E-state index contributed by atoms with van der Waals surface area (Å²) in [5, 5.41) is 14.1. The van der Waals surface area contributed by atoms with Crippen molar-refractivity contribution < 1.29 is 9.53 Å². The maximum Gasteiger partial charge on any atom is 0.266 e. The van der Waals surface area contributed by atoms with Crippen LogP contribution in [0.5, 0.6) is 5.75 Å². The lowest BCUT2D eigenvalue weighted by Gasteiger charge is -2.12. The molecule has 1 heterocycles. The fourth-order valence-electron chi connectivity index (χ4n) is 4.00. The smallest absolute Gasteiger partial charge is 0.266 e. The van der Waals surface area contributed by atoms with Gasteiger partial charge in [0.25, 0.3) is 5.91 Å². The van der Waals surface area contributed by atoms with E-state index in [1.54, 1.807) is 30.3 Å². The molecule has 0 fully saturated rings. The second-order valence-electron chi connectivity index (χ2n) is 8.77. The number of nitriles is 1. The van der Waals surface area contributed by atoms with Gasteiger partial charge in [0, 0.05) is 43.4 Å². The summed E-state index contributed by atoms with van der Waals surface area (Å²) in [5.74, 6) is 0.196. The number of carbonyl (C=O) groups is 1. The van der Waals surface area contributed by atoms with Crippen molar-refractivity contribution in [2.24, 2.45) is 0 Å². The zero-order valence-electron chi connectivity index (χ0n) is 21.0. The average molecular weight is 565 g/mol. The Labute approximate surface area is 236 Å². The summed E-state index contributed by atoms with van der Waals surface area (Å²) in [6.45, 7) is 6.11. The Balaban J connectivity index is 1.51. The highest BCUT2D eigenvalue weighted by molar-refractivity contribution is 6.35. The maximum absolute atomic E-state index is 12.8. The topological polar surface area (TPSA) is 67.0 Å². The molecule has 0 saturated carbocycles. The summed E-state index contributed by atoms with van der Waals surface area (Å²) in [5.41, 5.74) is 5.81. The molecule has 1 amide bonds. The Morgan fingerprint density at radius 1 is 0.974 bits per heavy atom. The van der Waals surface area contributed by atoms with Crippen molar-refractivity contribution in [3.8, 4) is 17.5 Å². The Hall–Kier alpha value is -3.69. The number of ether oxygens (including phenoxy) is 1. The number of aromatic nitrogens is 1. The number of hydrogen-bond donors (Lipinski definition) is 1. The van der Waals surface area contributed by atoms with E-state index in [0.717, 1.165) is 33.8 Å². The fraction of sp³-hybridized carbons (Fsp3) is 0.133. The molecule has 3 aromatic carbocycles. The molecular weight excluding hydrogens is 541 g/mol. The van der Waals surface area contributed by atoms with Gasteiger partial charge in [-0.1, -0.05) is 46.9 Å². The average Bonchev–Trinajstić information content (AvgIpc) is 3.16. The van der Waals surface area contributed by atoms with Crippen molar-refractivity contribution in [2.45, 2.75) is 27.4 Å². The Morgan fingerprint density at radius 3 is 2.37 bits per heavy atom. The number of anilines is 1. The molecular formula is C30H24Cl3N3O2. The first-order valence-corrected chi connectivity index (χ1v) is 12.8. The number of halogens is 3. The monoisotopic (exact) mass is 563 g/mol. The fourth-order valence-corrected chi connectivity index (χ4v) is 4.64. The van der Waals surface area contributed by atoms with Crippen LogP contribution in [0.25, 0.3) is 11.8 Å². The number of rotatable bonds is 7. The van der Waals surface area contributed by atoms with Crippen LogP contribution in [-0.4, -0.2) is 10.5 Å². The predicted octanol–water partition coefficient (Wildman–Crippen LogP) is 8.49. The summed E-state index contributed by atoms with van der Waals surface area (Å²) in [7, 11) is 0. The molecule has 38 heavy (non-hydrogen) atoms. The molecule has 0 aliphatic heterocycles. The first kappa shape index (κ1) is 27.3. The standard InChI is InChI=1S/C30H24Cl3N3O2/c1-18-4-7-25(15-28(18)32)35-30(37)23(16-34)13-22-12-19(2)36(20(22)3)26-8-10-27(11-9-26)38-17-21-5-6-24(31)14-29(21)33/h4-15H,17H2,1-3H3,(H,35,37)/b23-13-. The van der Waals surface area contributed by atoms with Crippen LogP contribution in [-0.2, 0) is 11.4 Å². The van der Waals surface area contributed by atoms with Gasteiger partial charge in [-0.15, -0.1) is 0 Å². The normalized spacial score (nSPS) is 11.2. The number of benzene rings is 3. The van der Waals surface area contributed by atoms with E-state index in [2.05, 4.69) is 9.88 Å². The third kappa shape index (κ3) is 6.23. The van der Waals surface area contributed by atoms with E-state index >= 15 is 0 Å². The third-order valence-corrected chi connectivity index (χ3v) is 7.06. The minimum atomic E-state index is -0.500. The quantitative estimate of drug-likeness (QED) is 0.181. The lowest BCUT2D eigenvalue weighted by molar-refractivity contribution is -0.112. The van der Waals surface area contributed by atoms with Gasteiger partial charge >= 0.3 is 0 Å². The van der Waals surface area contributed by atoms with Crippen molar-refractivity contribution in [1.29, 1.82) is 5.26 Å². The second kappa shape index (κ2) is 11.8. The van der Waals surface area contributed by atoms with Crippen LogP contribution in [0.2, 0.25) is 15.1 Å². The number of nitrogens with zero attached hydrogens (tertiary/aromatic N) is 2. The lowest BCUT2D eigenvalue weighted by atomic mass is 10.1. The van der Waals surface area contributed by atoms with Crippen LogP contribution in [0, 0.1) is 32.1 Å². The summed E-state index contributed by atoms with van der Waals surface area (Å²) in [6, 6.07) is 22.1. The van der Waals surface area contributed by atoms with Gasteiger partial charge in [-0.05, 0) is 92.6 Å². The SMILES string of the molecule is Cc1ccc(NC(=O)/C(C#N)=C\c2cc(C)n(-c3ccc(OCc4ccc(Cl)cc4Cl)cc3)c2C)cc1Cl. The molecule has 0 aliphatic carbocycles. The molecule has 1 N–H and O–H groups in total. The summed E-state index contributed by atoms with van der Waals surface area (Å²) >= 11 is 18.3. The molecule has 0 spiro atoms. The molecule has 0 radical (unpaired) electrons. The minimum absolute atomic E-state index is 0.00782. The molecule has 4 rings (SSSR count). The van der Waals surface area contributed by atoms with Crippen molar-refractivity contribution >= 4 is 52.5 Å². The number of amides is 1. The summed E-state index contributed by atoms with van der Waals surface area (Å²) in [4.78, 5) is 12.8. The Bertz CT molecular complexity index is 1580. The van der Waals surface area contributed by atoms with E-state index in [9.17, 15) is 10.1 Å².